The van der Waals surface area contributed by atoms with Crippen LogP contribution >= 0.6 is 15.9 Å². The molecule has 0 aromatic heterocycles. The number of amides is 2. The maximum Gasteiger partial charge on any atom is 0.302 e. The van der Waals surface area contributed by atoms with E-state index in [1.54, 1.807) is 24.3 Å². The minimum atomic E-state index is -0.349. The predicted octanol–water partition coefficient (Wildman–Crippen LogP) is 5.54. The van der Waals surface area contributed by atoms with Crippen molar-refractivity contribution in [2.24, 2.45) is 10.2 Å². The van der Waals surface area contributed by atoms with Crippen LogP contribution in [0.3, 0.4) is 0 Å². The molecule has 0 atom stereocenters. The fraction of sp³-hybridized carbons (Fsp3) is 0.360. The highest BCUT2D eigenvalue weighted by atomic mass is 79.9. The van der Waals surface area contributed by atoms with Crippen LogP contribution in [-0.4, -0.2) is 48.9 Å². The first kappa shape index (κ1) is 26.0. The van der Waals surface area contributed by atoms with Crippen LogP contribution in [0.5, 0.6) is 0 Å². The van der Waals surface area contributed by atoms with Crippen LogP contribution in [0.2, 0.25) is 0 Å². The van der Waals surface area contributed by atoms with Crippen LogP contribution < -0.4 is 4.90 Å². The van der Waals surface area contributed by atoms with E-state index in [9.17, 15) is 14.4 Å². The summed E-state index contributed by atoms with van der Waals surface area (Å²) >= 11 is 3.43. The maximum absolute atomic E-state index is 12.7. The molecule has 0 spiro atoms. The van der Waals surface area contributed by atoms with Crippen molar-refractivity contribution < 1.29 is 19.1 Å². The summed E-state index contributed by atoms with van der Waals surface area (Å²) in [4.78, 5) is 39.6. The van der Waals surface area contributed by atoms with Crippen molar-refractivity contribution in [3.05, 3.63) is 52.0 Å². The third-order valence-electron chi connectivity index (χ3n) is 5.42. The SMILES string of the molecule is CCCCN1C(=O)c2cc(Br)c(N=Nc3ccc(N(CCC#N)CCOC(C)=O)cc3)cc2C1=O. The normalized spacial score (nSPS) is 12.7. The Balaban J connectivity index is 1.74. The number of halogens is 1. The first-order chi connectivity index (χ1) is 16.8. The maximum atomic E-state index is 12.7. The number of nitrogens with zero attached hydrogens (tertiary/aromatic N) is 5. The zero-order valence-corrected chi connectivity index (χ0v) is 21.2. The first-order valence-corrected chi connectivity index (χ1v) is 12.1. The van der Waals surface area contributed by atoms with E-state index in [0.717, 1.165) is 18.5 Å². The number of anilines is 1. The minimum absolute atomic E-state index is 0.228. The second kappa shape index (κ2) is 12.2. The lowest BCUT2D eigenvalue weighted by Gasteiger charge is -2.23. The lowest BCUT2D eigenvalue weighted by Crippen LogP contribution is -2.30. The molecule has 1 aliphatic rings. The number of hydrogen-bond acceptors (Lipinski definition) is 8. The third-order valence-corrected chi connectivity index (χ3v) is 6.06. The smallest absolute Gasteiger partial charge is 0.302 e. The Bertz CT molecular complexity index is 1170. The molecule has 0 aliphatic carbocycles. The van der Waals surface area contributed by atoms with Gasteiger partial charge in [-0.25, -0.2) is 0 Å². The van der Waals surface area contributed by atoms with E-state index in [1.165, 1.54) is 11.8 Å². The predicted molar refractivity (Wildman–Crippen MR) is 134 cm³/mol. The number of esters is 1. The summed E-state index contributed by atoms with van der Waals surface area (Å²) in [5, 5.41) is 17.5. The van der Waals surface area contributed by atoms with Gasteiger partial charge in [0.15, 0.2) is 0 Å². The highest BCUT2D eigenvalue weighted by Gasteiger charge is 2.35. The number of fused-ring (bicyclic) bond motifs is 1. The van der Waals surface area contributed by atoms with E-state index < -0.39 is 0 Å². The zero-order chi connectivity index (χ0) is 25.4. The molecule has 0 radical (unpaired) electrons. The molecule has 1 heterocycles. The van der Waals surface area contributed by atoms with Gasteiger partial charge in [-0.1, -0.05) is 13.3 Å². The quantitative estimate of drug-likeness (QED) is 0.210. The molecular weight excluding hydrogens is 514 g/mol. The van der Waals surface area contributed by atoms with E-state index in [0.29, 0.717) is 53.0 Å². The molecule has 0 fully saturated rings. The van der Waals surface area contributed by atoms with Gasteiger partial charge in [0.05, 0.1) is 35.8 Å². The van der Waals surface area contributed by atoms with E-state index in [4.69, 9.17) is 10.00 Å². The Morgan fingerprint density at radius 2 is 1.80 bits per heavy atom. The first-order valence-electron chi connectivity index (χ1n) is 11.3. The van der Waals surface area contributed by atoms with Crippen LogP contribution in [0.1, 0.15) is 53.8 Å². The molecule has 35 heavy (non-hydrogen) atoms. The largest absolute Gasteiger partial charge is 0.464 e. The number of ether oxygens (including phenoxy) is 1. The Hall–Kier alpha value is -3.58. The number of azo groups is 1. The number of hydrogen-bond donors (Lipinski definition) is 0. The van der Waals surface area contributed by atoms with Crippen molar-refractivity contribution >= 4 is 50.8 Å². The van der Waals surface area contributed by atoms with Crippen molar-refractivity contribution in [2.75, 3.05) is 31.1 Å². The summed E-state index contributed by atoms with van der Waals surface area (Å²) in [5.74, 6) is -0.940. The van der Waals surface area contributed by atoms with E-state index >= 15 is 0 Å². The molecule has 0 saturated heterocycles. The molecule has 9 nitrogen and oxygen atoms in total. The Labute approximate surface area is 212 Å². The van der Waals surface area contributed by atoms with Crippen molar-refractivity contribution in [1.29, 1.82) is 5.26 Å². The third kappa shape index (κ3) is 6.51. The minimum Gasteiger partial charge on any atom is -0.464 e. The van der Waals surface area contributed by atoms with Gasteiger partial charge < -0.3 is 9.64 Å². The molecule has 0 saturated carbocycles. The average Bonchev–Trinajstić information content (AvgIpc) is 3.07. The molecule has 2 amide bonds. The fourth-order valence-electron chi connectivity index (χ4n) is 3.59. The van der Waals surface area contributed by atoms with Gasteiger partial charge in [0, 0.05) is 30.2 Å². The van der Waals surface area contributed by atoms with Crippen LogP contribution in [0.25, 0.3) is 0 Å². The number of unbranched alkanes of at least 4 members (excludes halogenated alkanes) is 1. The van der Waals surface area contributed by atoms with Crippen molar-refractivity contribution in [3.8, 4) is 6.07 Å². The molecule has 0 N–H and O–H groups in total. The number of imide groups is 1. The van der Waals surface area contributed by atoms with Crippen molar-refractivity contribution in [2.45, 2.75) is 33.1 Å². The molecular formula is C25H26BrN5O4. The molecule has 1 aliphatic heterocycles. The summed E-state index contributed by atoms with van der Waals surface area (Å²) in [6.07, 6.45) is 1.98. The summed E-state index contributed by atoms with van der Waals surface area (Å²) < 4.78 is 5.59. The Morgan fingerprint density at radius 1 is 1.11 bits per heavy atom. The van der Waals surface area contributed by atoms with Crippen LogP contribution in [-0.2, 0) is 9.53 Å². The monoisotopic (exact) mass is 539 g/mol. The molecule has 2 aromatic carbocycles. The van der Waals surface area contributed by atoms with Gasteiger partial charge in [-0.05, 0) is 58.7 Å². The van der Waals surface area contributed by atoms with Crippen molar-refractivity contribution in [1.82, 2.24) is 4.90 Å². The number of nitriles is 1. The van der Waals surface area contributed by atoms with Crippen molar-refractivity contribution in [3.63, 3.8) is 0 Å². The summed E-state index contributed by atoms with van der Waals surface area (Å²) in [6.45, 7) is 4.96. The number of carbonyl (C=O) groups is 3. The zero-order valence-electron chi connectivity index (χ0n) is 19.7. The molecule has 0 bridgehead atoms. The van der Waals surface area contributed by atoms with Gasteiger partial charge in [0.2, 0.25) is 0 Å². The molecule has 0 unspecified atom stereocenters. The average molecular weight is 540 g/mol. The number of rotatable bonds is 11. The van der Waals surface area contributed by atoms with E-state index in [2.05, 4.69) is 32.2 Å². The molecule has 3 rings (SSSR count). The summed E-state index contributed by atoms with van der Waals surface area (Å²) in [5.41, 5.74) is 2.60. The van der Waals surface area contributed by atoms with Gasteiger partial charge in [-0.3, -0.25) is 19.3 Å². The molecule has 182 valence electrons. The molecule has 2 aromatic rings. The standard InChI is InChI=1S/C25H26BrN5O4/c1-3-4-12-31-24(33)20-15-22(26)23(16-21(20)25(31)34)29-28-18-6-8-19(9-7-18)30(11-5-10-27)13-14-35-17(2)32/h6-9,15-16H,3-5,11-14H2,1-2H3. The lowest BCUT2D eigenvalue weighted by atomic mass is 10.1. The highest BCUT2D eigenvalue weighted by molar-refractivity contribution is 9.10. The van der Waals surface area contributed by atoms with Crippen LogP contribution in [0, 0.1) is 11.3 Å². The van der Waals surface area contributed by atoms with Gasteiger partial charge in [-0.15, -0.1) is 5.11 Å². The van der Waals surface area contributed by atoms with E-state index in [1.807, 2.05) is 24.0 Å². The Morgan fingerprint density at radius 3 is 2.43 bits per heavy atom. The van der Waals surface area contributed by atoms with Crippen LogP contribution in [0.15, 0.2) is 51.1 Å². The molecule has 10 heteroatoms. The van der Waals surface area contributed by atoms with Gasteiger partial charge >= 0.3 is 5.97 Å². The van der Waals surface area contributed by atoms with Crippen LogP contribution in [0.4, 0.5) is 17.1 Å². The topological polar surface area (TPSA) is 115 Å². The van der Waals surface area contributed by atoms with Gasteiger partial charge in [-0.2, -0.15) is 10.4 Å². The van der Waals surface area contributed by atoms with Gasteiger partial charge in [0.1, 0.15) is 12.3 Å². The van der Waals surface area contributed by atoms with Gasteiger partial charge in [0.25, 0.3) is 11.8 Å². The second-order valence-corrected chi connectivity index (χ2v) is 8.77. The highest BCUT2D eigenvalue weighted by Crippen LogP contribution is 2.35. The van der Waals surface area contributed by atoms with E-state index in [-0.39, 0.29) is 24.4 Å². The second-order valence-electron chi connectivity index (χ2n) is 7.92. The lowest BCUT2D eigenvalue weighted by molar-refractivity contribution is -0.140. The Kier molecular flexibility index (Phi) is 9.09. The number of carbonyl (C=O) groups excluding carboxylic acids is 3. The fourth-order valence-corrected chi connectivity index (χ4v) is 4.01. The summed E-state index contributed by atoms with van der Waals surface area (Å²) in [7, 11) is 0. The summed E-state index contributed by atoms with van der Waals surface area (Å²) in [6, 6.07) is 12.6. The number of benzene rings is 2.